The minimum Gasteiger partial charge on any atom is -0.389 e. The van der Waals surface area contributed by atoms with Crippen molar-refractivity contribution in [2.45, 2.75) is 32.1 Å². The fourth-order valence-corrected chi connectivity index (χ4v) is 3.73. The second-order valence-corrected chi connectivity index (χ2v) is 6.74. The molecule has 110 valence electrons. The molecule has 1 fully saturated rings. The SMILES string of the molecule is CN(CC1CCCCC1)c1ccc(C(N)=S)c(Br)c1F. The van der Waals surface area contributed by atoms with Crippen LogP contribution in [0.2, 0.25) is 0 Å². The van der Waals surface area contributed by atoms with Crippen molar-refractivity contribution in [3.63, 3.8) is 0 Å². The number of hydrogen-bond acceptors (Lipinski definition) is 2. The number of hydrogen-bond donors (Lipinski definition) is 1. The first-order valence-electron chi connectivity index (χ1n) is 6.99. The predicted octanol–water partition coefficient (Wildman–Crippen LogP) is 4.24. The van der Waals surface area contributed by atoms with Crippen LogP contribution in [-0.4, -0.2) is 18.6 Å². The van der Waals surface area contributed by atoms with Crippen LogP contribution in [-0.2, 0) is 0 Å². The van der Waals surface area contributed by atoms with Crippen molar-refractivity contribution < 1.29 is 4.39 Å². The van der Waals surface area contributed by atoms with Crippen molar-refractivity contribution in [3.8, 4) is 0 Å². The fraction of sp³-hybridized carbons (Fsp3) is 0.533. The van der Waals surface area contributed by atoms with Gasteiger partial charge in [0.05, 0.1) is 10.2 Å². The summed E-state index contributed by atoms with van der Waals surface area (Å²) in [5.41, 5.74) is 6.73. The number of thiocarbonyl (C=S) groups is 1. The van der Waals surface area contributed by atoms with Gasteiger partial charge in [0.15, 0.2) is 5.82 Å². The molecule has 2 rings (SSSR count). The van der Waals surface area contributed by atoms with E-state index in [9.17, 15) is 4.39 Å². The number of benzene rings is 1. The molecule has 0 radical (unpaired) electrons. The number of nitrogens with two attached hydrogens (primary N) is 1. The predicted molar refractivity (Wildman–Crippen MR) is 89.8 cm³/mol. The molecule has 1 aromatic carbocycles. The third-order valence-corrected chi connectivity index (χ3v) is 4.99. The van der Waals surface area contributed by atoms with Gasteiger partial charge in [-0.1, -0.05) is 31.5 Å². The quantitative estimate of drug-likeness (QED) is 0.816. The van der Waals surface area contributed by atoms with Gasteiger partial charge in [0, 0.05) is 19.2 Å². The molecule has 1 aromatic rings. The van der Waals surface area contributed by atoms with Gasteiger partial charge in [0.2, 0.25) is 0 Å². The Hall–Kier alpha value is -0.680. The highest BCUT2D eigenvalue weighted by atomic mass is 79.9. The van der Waals surface area contributed by atoms with E-state index in [4.69, 9.17) is 18.0 Å². The molecule has 2 nitrogen and oxygen atoms in total. The maximum Gasteiger partial charge on any atom is 0.161 e. The van der Waals surface area contributed by atoms with Crippen molar-refractivity contribution in [2.75, 3.05) is 18.5 Å². The lowest BCUT2D eigenvalue weighted by Crippen LogP contribution is -2.27. The largest absolute Gasteiger partial charge is 0.389 e. The van der Waals surface area contributed by atoms with Crippen LogP contribution in [0.1, 0.15) is 37.7 Å². The van der Waals surface area contributed by atoms with Gasteiger partial charge in [0.25, 0.3) is 0 Å². The standard InChI is InChI=1S/C15H20BrFN2S/c1-19(9-10-5-3-2-4-6-10)12-8-7-11(15(18)20)13(16)14(12)17/h7-8,10H,2-6,9H2,1H3,(H2,18,20). The lowest BCUT2D eigenvalue weighted by molar-refractivity contribution is 0.361. The lowest BCUT2D eigenvalue weighted by Gasteiger charge is -2.29. The third-order valence-electron chi connectivity index (χ3n) is 4.00. The summed E-state index contributed by atoms with van der Waals surface area (Å²) in [6.45, 7) is 0.899. The van der Waals surface area contributed by atoms with Crippen molar-refractivity contribution >= 4 is 38.8 Å². The molecule has 0 unspecified atom stereocenters. The molecule has 0 saturated heterocycles. The Balaban J connectivity index is 2.15. The Morgan fingerprint density at radius 2 is 2.05 bits per heavy atom. The molecule has 0 aromatic heterocycles. The summed E-state index contributed by atoms with van der Waals surface area (Å²) in [5.74, 6) is 0.385. The molecule has 0 heterocycles. The van der Waals surface area contributed by atoms with Gasteiger partial charge >= 0.3 is 0 Å². The Morgan fingerprint density at radius 1 is 1.40 bits per heavy atom. The zero-order valence-electron chi connectivity index (χ0n) is 11.7. The van der Waals surface area contributed by atoms with Crippen LogP contribution < -0.4 is 10.6 Å². The maximum absolute atomic E-state index is 14.4. The number of halogens is 2. The van der Waals surface area contributed by atoms with Crippen LogP contribution >= 0.6 is 28.1 Å². The summed E-state index contributed by atoms with van der Waals surface area (Å²) < 4.78 is 14.8. The molecule has 20 heavy (non-hydrogen) atoms. The first-order valence-corrected chi connectivity index (χ1v) is 8.19. The molecule has 2 N–H and O–H groups in total. The van der Waals surface area contributed by atoms with Gasteiger partial charge < -0.3 is 10.6 Å². The molecule has 1 aliphatic rings. The van der Waals surface area contributed by atoms with E-state index in [0.29, 0.717) is 21.6 Å². The van der Waals surface area contributed by atoms with Crippen molar-refractivity contribution in [1.29, 1.82) is 0 Å². The van der Waals surface area contributed by atoms with Gasteiger partial charge in [-0.25, -0.2) is 4.39 Å². The van der Waals surface area contributed by atoms with Crippen molar-refractivity contribution in [3.05, 3.63) is 28.0 Å². The first kappa shape index (κ1) is 15.7. The molecular formula is C15H20BrFN2S. The Labute approximate surface area is 133 Å². The normalized spacial score (nSPS) is 16.1. The van der Waals surface area contributed by atoms with Crippen molar-refractivity contribution in [2.24, 2.45) is 11.7 Å². The number of rotatable bonds is 4. The molecule has 0 atom stereocenters. The van der Waals surface area contributed by atoms with E-state index in [0.717, 1.165) is 6.54 Å². The summed E-state index contributed by atoms with van der Waals surface area (Å²) in [5, 5.41) is 0. The van der Waals surface area contributed by atoms with Crippen LogP contribution in [0.15, 0.2) is 16.6 Å². The average molecular weight is 359 g/mol. The van der Waals surface area contributed by atoms with Crippen molar-refractivity contribution in [1.82, 2.24) is 0 Å². The topological polar surface area (TPSA) is 29.3 Å². The van der Waals surface area contributed by atoms with Gasteiger partial charge in [-0.05, 0) is 46.8 Å². The maximum atomic E-state index is 14.4. The molecule has 0 amide bonds. The summed E-state index contributed by atoms with van der Waals surface area (Å²) in [6, 6.07) is 3.54. The Morgan fingerprint density at radius 3 is 2.65 bits per heavy atom. The van der Waals surface area contributed by atoms with Gasteiger partial charge in [0.1, 0.15) is 4.99 Å². The molecule has 5 heteroatoms. The lowest BCUT2D eigenvalue weighted by atomic mass is 9.89. The Kier molecular flexibility index (Phi) is 5.38. The molecular weight excluding hydrogens is 339 g/mol. The molecule has 0 bridgehead atoms. The highest BCUT2D eigenvalue weighted by molar-refractivity contribution is 9.10. The Bertz CT molecular complexity index is 501. The zero-order chi connectivity index (χ0) is 14.7. The number of anilines is 1. The summed E-state index contributed by atoms with van der Waals surface area (Å²) >= 11 is 8.17. The summed E-state index contributed by atoms with van der Waals surface area (Å²) in [4.78, 5) is 2.21. The van der Waals surface area contributed by atoms with Gasteiger partial charge in [-0.2, -0.15) is 0 Å². The minimum atomic E-state index is -0.284. The van der Waals surface area contributed by atoms with Gasteiger partial charge in [-0.3, -0.25) is 0 Å². The van der Waals surface area contributed by atoms with Gasteiger partial charge in [-0.15, -0.1) is 0 Å². The van der Waals surface area contributed by atoms with E-state index in [1.54, 1.807) is 12.1 Å². The highest BCUT2D eigenvalue weighted by Crippen LogP contribution is 2.31. The third kappa shape index (κ3) is 3.50. The molecule has 1 saturated carbocycles. The van der Waals surface area contributed by atoms with E-state index < -0.39 is 0 Å². The van der Waals surface area contributed by atoms with Crippen LogP contribution in [0.25, 0.3) is 0 Å². The van der Waals surface area contributed by atoms with Crippen LogP contribution in [0.3, 0.4) is 0 Å². The summed E-state index contributed by atoms with van der Waals surface area (Å²) in [6.07, 6.45) is 6.43. The number of nitrogens with zero attached hydrogens (tertiary/aromatic N) is 1. The minimum absolute atomic E-state index is 0.206. The van der Waals surface area contributed by atoms with Crippen LogP contribution in [0, 0.1) is 11.7 Å². The van der Waals surface area contributed by atoms with E-state index in [1.807, 2.05) is 11.9 Å². The summed E-state index contributed by atoms with van der Waals surface area (Å²) in [7, 11) is 1.94. The molecule has 0 aliphatic heterocycles. The molecule has 0 spiro atoms. The van der Waals surface area contributed by atoms with E-state index in [1.165, 1.54) is 32.1 Å². The van der Waals surface area contributed by atoms with Crippen LogP contribution in [0.5, 0.6) is 0 Å². The second kappa shape index (κ2) is 6.85. The van der Waals surface area contributed by atoms with E-state index >= 15 is 0 Å². The highest BCUT2D eigenvalue weighted by Gasteiger charge is 2.19. The average Bonchev–Trinajstić information content (AvgIpc) is 2.42. The zero-order valence-corrected chi connectivity index (χ0v) is 14.1. The fourth-order valence-electron chi connectivity index (χ4n) is 2.88. The van der Waals surface area contributed by atoms with Crippen LogP contribution in [0.4, 0.5) is 10.1 Å². The molecule has 1 aliphatic carbocycles. The van der Waals surface area contributed by atoms with E-state index in [2.05, 4.69) is 15.9 Å². The first-order chi connectivity index (χ1) is 9.50. The second-order valence-electron chi connectivity index (χ2n) is 5.51. The van der Waals surface area contributed by atoms with E-state index in [-0.39, 0.29) is 10.8 Å². The smallest absolute Gasteiger partial charge is 0.161 e. The monoisotopic (exact) mass is 358 g/mol.